The second-order valence-corrected chi connectivity index (χ2v) is 3.29. The van der Waals surface area contributed by atoms with Gasteiger partial charge in [-0.2, -0.15) is 0 Å². The van der Waals surface area contributed by atoms with Crippen LogP contribution < -0.4 is 0 Å². The Morgan fingerprint density at radius 3 is 1.57 bits per heavy atom. The minimum absolute atomic E-state index is 0.250. The molecule has 2 unspecified atom stereocenters. The van der Waals surface area contributed by atoms with Crippen LogP contribution in [0.1, 0.15) is 61.8 Å². The third-order valence-corrected chi connectivity index (χ3v) is 1.83. The number of hydrogen-bond donors (Lipinski definition) is 0. The first kappa shape index (κ1) is 16.4. The molecule has 1 saturated heterocycles. The van der Waals surface area contributed by atoms with Crippen molar-refractivity contribution in [1.82, 2.24) is 0 Å². The van der Waals surface area contributed by atoms with Crippen molar-refractivity contribution in [3.63, 3.8) is 0 Å². The van der Waals surface area contributed by atoms with E-state index in [0.717, 1.165) is 6.42 Å². The fraction of sp³-hybridized carbons (Fsp3) is 1.00. The maximum absolute atomic E-state index is 5.59. The molecule has 0 N–H and O–H groups in total. The maximum Gasteiger partial charge on any atom is 0.163 e. The molecule has 1 aliphatic heterocycles. The minimum Gasteiger partial charge on any atom is -0.345 e. The van der Waals surface area contributed by atoms with E-state index in [9.17, 15) is 0 Å². The molecule has 1 heterocycles. The van der Waals surface area contributed by atoms with E-state index in [1.165, 1.54) is 0 Å². The van der Waals surface area contributed by atoms with Gasteiger partial charge in [-0.3, -0.25) is 0 Å². The molecule has 88 valence electrons. The lowest BCUT2D eigenvalue weighted by Gasteiger charge is -2.16. The summed E-state index contributed by atoms with van der Waals surface area (Å²) in [5, 5.41) is 0. The molecule has 0 bridgehead atoms. The van der Waals surface area contributed by atoms with E-state index in [1.807, 2.05) is 41.5 Å². The highest BCUT2D eigenvalue weighted by Gasteiger charge is 2.37. The van der Waals surface area contributed by atoms with E-state index >= 15 is 0 Å². The summed E-state index contributed by atoms with van der Waals surface area (Å²) in [6, 6.07) is 0. The fourth-order valence-electron chi connectivity index (χ4n) is 1.43. The summed E-state index contributed by atoms with van der Waals surface area (Å²) < 4.78 is 11.1. The van der Waals surface area contributed by atoms with Crippen molar-refractivity contribution in [3.8, 4) is 0 Å². The monoisotopic (exact) mass is 204 g/mol. The molecule has 2 atom stereocenters. The molecule has 14 heavy (non-hydrogen) atoms. The summed E-state index contributed by atoms with van der Waals surface area (Å²) in [4.78, 5) is 0. The van der Waals surface area contributed by atoms with E-state index in [-0.39, 0.29) is 18.0 Å². The summed E-state index contributed by atoms with van der Waals surface area (Å²) >= 11 is 0. The summed E-state index contributed by atoms with van der Waals surface area (Å²) in [7, 11) is 0. The van der Waals surface area contributed by atoms with Crippen molar-refractivity contribution in [3.05, 3.63) is 0 Å². The van der Waals surface area contributed by atoms with E-state index in [0.29, 0.717) is 0 Å². The summed E-state index contributed by atoms with van der Waals surface area (Å²) in [5.74, 6) is -0.361. The number of ether oxygens (including phenoxy) is 2. The van der Waals surface area contributed by atoms with Crippen LogP contribution in [0.15, 0.2) is 0 Å². The second kappa shape index (κ2) is 8.25. The SMILES string of the molecule is CC.CC.CCC1OC(C)(C)OC1C. The maximum atomic E-state index is 5.59. The lowest BCUT2D eigenvalue weighted by atomic mass is 10.2. The van der Waals surface area contributed by atoms with E-state index in [4.69, 9.17) is 9.47 Å². The Hall–Kier alpha value is -0.0800. The first-order valence-electron chi connectivity index (χ1n) is 5.91. The molecule has 0 aromatic rings. The molecule has 0 aliphatic carbocycles. The van der Waals surface area contributed by atoms with Gasteiger partial charge in [0.2, 0.25) is 0 Å². The Morgan fingerprint density at radius 2 is 1.43 bits per heavy atom. The van der Waals surface area contributed by atoms with Crippen molar-refractivity contribution in [2.24, 2.45) is 0 Å². The average molecular weight is 204 g/mol. The molecule has 0 amide bonds. The molecular weight excluding hydrogens is 176 g/mol. The topological polar surface area (TPSA) is 18.5 Å². The third kappa shape index (κ3) is 5.61. The van der Waals surface area contributed by atoms with Crippen LogP contribution in [-0.2, 0) is 9.47 Å². The van der Waals surface area contributed by atoms with E-state index < -0.39 is 0 Å². The molecule has 0 aromatic heterocycles. The Balaban J connectivity index is 0. The second-order valence-electron chi connectivity index (χ2n) is 3.29. The predicted molar refractivity (Wildman–Crippen MR) is 62.5 cm³/mol. The van der Waals surface area contributed by atoms with Crippen LogP contribution in [0.4, 0.5) is 0 Å². The zero-order valence-electron chi connectivity index (χ0n) is 11.2. The van der Waals surface area contributed by atoms with Gasteiger partial charge in [-0.1, -0.05) is 34.6 Å². The number of rotatable bonds is 1. The molecule has 1 rings (SSSR count). The number of hydrogen-bond acceptors (Lipinski definition) is 2. The van der Waals surface area contributed by atoms with E-state index in [2.05, 4.69) is 13.8 Å². The normalized spacial score (nSPS) is 28.3. The van der Waals surface area contributed by atoms with Crippen LogP contribution in [0.2, 0.25) is 0 Å². The van der Waals surface area contributed by atoms with Crippen LogP contribution in [0.25, 0.3) is 0 Å². The standard InChI is InChI=1S/C8H16O2.2C2H6/c1-5-7-6(2)9-8(3,4)10-7;2*1-2/h6-7H,5H2,1-4H3;2*1-2H3. The van der Waals surface area contributed by atoms with Crippen molar-refractivity contribution < 1.29 is 9.47 Å². The van der Waals surface area contributed by atoms with Gasteiger partial charge in [0, 0.05) is 0 Å². The smallest absolute Gasteiger partial charge is 0.163 e. The molecule has 1 fully saturated rings. The third-order valence-electron chi connectivity index (χ3n) is 1.83. The highest BCUT2D eigenvalue weighted by atomic mass is 16.7. The van der Waals surface area contributed by atoms with Gasteiger partial charge >= 0.3 is 0 Å². The van der Waals surface area contributed by atoms with Gasteiger partial charge in [-0.05, 0) is 27.2 Å². The molecule has 0 aromatic carbocycles. The molecule has 0 saturated carbocycles. The highest BCUT2D eigenvalue weighted by Crippen LogP contribution is 2.28. The zero-order chi connectivity index (χ0) is 11.8. The summed E-state index contributed by atoms with van der Waals surface area (Å²) in [6.07, 6.45) is 1.57. The van der Waals surface area contributed by atoms with Crippen LogP contribution in [0.5, 0.6) is 0 Å². The lowest BCUT2D eigenvalue weighted by Crippen LogP contribution is -2.21. The van der Waals surface area contributed by atoms with Crippen LogP contribution in [0.3, 0.4) is 0 Å². The van der Waals surface area contributed by atoms with Gasteiger partial charge in [0.15, 0.2) is 5.79 Å². The highest BCUT2D eigenvalue weighted by molar-refractivity contribution is 4.76. The largest absolute Gasteiger partial charge is 0.345 e. The molecule has 1 aliphatic rings. The van der Waals surface area contributed by atoms with Crippen molar-refractivity contribution >= 4 is 0 Å². The Morgan fingerprint density at radius 1 is 1.00 bits per heavy atom. The Kier molecular flexibility index (Phi) is 9.63. The lowest BCUT2D eigenvalue weighted by molar-refractivity contribution is -0.145. The first-order chi connectivity index (χ1) is 6.55. The summed E-state index contributed by atoms with van der Waals surface area (Å²) in [6.45, 7) is 16.1. The van der Waals surface area contributed by atoms with Gasteiger partial charge < -0.3 is 9.47 Å². The Bertz CT molecular complexity index is 121. The molecule has 2 nitrogen and oxygen atoms in total. The molecule has 2 heteroatoms. The predicted octanol–water partition coefficient (Wildman–Crippen LogP) is 3.99. The van der Waals surface area contributed by atoms with Crippen molar-refractivity contribution in [1.29, 1.82) is 0 Å². The van der Waals surface area contributed by atoms with Gasteiger partial charge in [0.25, 0.3) is 0 Å². The average Bonchev–Trinajstić information content (AvgIpc) is 2.46. The quantitative estimate of drug-likeness (QED) is 0.643. The first-order valence-corrected chi connectivity index (χ1v) is 5.91. The minimum atomic E-state index is -0.361. The van der Waals surface area contributed by atoms with Gasteiger partial charge in [0.1, 0.15) is 0 Å². The van der Waals surface area contributed by atoms with Crippen LogP contribution in [0, 0.1) is 0 Å². The van der Waals surface area contributed by atoms with Crippen LogP contribution >= 0.6 is 0 Å². The van der Waals surface area contributed by atoms with Crippen molar-refractivity contribution in [2.75, 3.05) is 0 Å². The van der Waals surface area contributed by atoms with E-state index in [1.54, 1.807) is 0 Å². The molecule has 0 radical (unpaired) electrons. The fourth-order valence-corrected chi connectivity index (χ4v) is 1.43. The van der Waals surface area contributed by atoms with Gasteiger partial charge in [0.05, 0.1) is 12.2 Å². The van der Waals surface area contributed by atoms with Crippen molar-refractivity contribution in [2.45, 2.75) is 79.8 Å². The van der Waals surface area contributed by atoms with Gasteiger partial charge in [-0.25, -0.2) is 0 Å². The van der Waals surface area contributed by atoms with Gasteiger partial charge in [-0.15, -0.1) is 0 Å². The Labute approximate surface area is 90.0 Å². The molecular formula is C12H28O2. The summed E-state index contributed by atoms with van der Waals surface area (Å²) in [5.41, 5.74) is 0. The molecule has 0 spiro atoms. The van der Waals surface area contributed by atoms with Crippen LogP contribution in [-0.4, -0.2) is 18.0 Å². The zero-order valence-corrected chi connectivity index (χ0v) is 11.2.